The van der Waals surface area contributed by atoms with E-state index in [1.54, 1.807) is 12.1 Å². The maximum absolute atomic E-state index is 13.0. The Morgan fingerprint density at radius 1 is 1.17 bits per heavy atom. The Labute approximate surface area is 179 Å². The Balaban J connectivity index is 1.87. The van der Waals surface area contributed by atoms with Gasteiger partial charge in [0.1, 0.15) is 17.9 Å². The molecule has 1 heterocycles. The number of hydrogen-bond donors (Lipinski definition) is 1. The van der Waals surface area contributed by atoms with E-state index in [2.05, 4.69) is 5.32 Å². The van der Waals surface area contributed by atoms with Gasteiger partial charge in [-0.25, -0.2) is 8.42 Å². The standard InChI is InChI=1S/C23H30N2O4S/c1-16(2)17-10-6-8-12-20(17)25(30(5,27)28)15-22(26)24-19-14-23(3,4)29-21-13-9-7-11-18(19)21/h6-13,16,19H,14-15H2,1-5H3,(H,24,26)/t19-/m1/s1. The van der Waals surface area contributed by atoms with Crippen molar-refractivity contribution >= 4 is 21.6 Å². The number of carbonyl (C=O) groups excluding carboxylic acids is 1. The van der Waals surface area contributed by atoms with E-state index in [1.165, 1.54) is 4.31 Å². The maximum atomic E-state index is 13.0. The van der Waals surface area contributed by atoms with Gasteiger partial charge in [-0.05, 0) is 37.5 Å². The van der Waals surface area contributed by atoms with E-state index < -0.39 is 15.6 Å². The largest absolute Gasteiger partial charge is 0.487 e. The number of para-hydroxylation sites is 2. The first-order valence-corrected chi connectivity index (χ1v) is 12.0. The highest BCUT2D eigenvalue weighted by Gasteiger charge is 2.35. The Morgan fingerprint density at radius 3 is 2.47 bits per heavy atom. The number of amides is 1. The molecule has 0 spiro atoms. The van der Waals surface area contributed by atoms with E-state index >= 15 is 0 Å². The summed E-state index contributed by atoms with van der Waals surface area (Å²) in [6.07, 6.45) is 1.72. The molecule has 0 radical (unpaired) electrons. The van der Waals surface area contributed by atoms with E-state index in [-0.39, 0.29) is 24.4 Å². The number of carbonyl (C=O) groups is 1. The molecule has 162 valence electrons. The van der Waals surface area contributed by atoms with Crippen molar-refractivity contribution in [2.45, 2.75) is 51.7 Å². The predicted octanol–water partition coefficient (Wildman–Crippen LogP) is 3.99. The molecular formula is C23H30N2O4S. The fraction of sp³-hybridized carbons (Fsp3) is 0.435. The molecule has 0 fully saturated rings. The molecule has 0 saturated carbocycles. The number of sulfonamides is 1. The first kappa shape index (κ1) is 22.2. The number of ether oxygens (including phenoxy) is 1. The molecule has 30 heavy (non-hydrogen) atoms. The summed E-state index contributed by atoms with van der Waals surface area (Å²) < 4.78 is 32.3. The van der Waals surface area contributed by atoms with E-state index in [0.29, 0.717) is 12.1 Å². The first-order valence-electron chi connectivity index (χ1n) is 10.1. The highest BCUT2D eigenvalue weighted by molar-refractivity contribution is 7.92. The lowest BCUT2D eigenvalue weighted by atomic mass is 9.89. The third-order valence-corrected chi connectivity index (χ3v) is 6.35. The second-order valence-electron chi connectivity index (χ2n) is 8.71. The summed E-state index contributed by atoms with van der Waals surface area (Å²) >= 11 is 0. The molecule has 0 aromatic heterocycles. The zero-order valence-electron chi connectivity index (χ0n) is 18.2. The lowest BCUT2D eigenvalue weighted by Crippen LogP contribution is -2.45. The van der Waals surface area contributed by atoms with Gasteiger partial charge in [0.05, 0.1) is 18.0 Å². The predicted molar refractivity (Wildman–Crippen MR) is 119 cm³/mol. The summed E-state index contributed by atoms with van der Waals surface area (Å²) in [5, 5.41) is 3.03. The minimum atomic E-state index is -3.65. The van der Waals surface area contributed by atoms with Crippen molar-refractivity contribution in [3.63, 3.8) is 0 Å². The molecule has 0 aliphatic carbocycles. The molecule has 2 aromatic rings. The molecule has 6 nitrogen and oxygen atoms in total. The average molecular weight is 431 g/mol. The number of rotatable bonds is 6. The van der Waals surface area contributed by atoms with Crippen LogP contribution >= 0.6 is 0 Å². The van der Waals surface area contributed by atoms with Crippen LogP contribution in [0, 0.1) is 0 Å². The van der Waals surface area contributed by atoms with Gasteiger partial charge in [0.25, 0.3) is 0 Å². The number of benzene rings is 2. The van der Waals surface area contributed by atoms with Crippen LogP contribution in [0.5, 0.6) is 5.75 Å². The second kappa shape index (κ2) is 8.30. The van der Waals surface area contributed by atoms with Gasteiger partial charge in [0.15, 0.2) is 0 Å². The van der Waals surface area contributed by atoms with E-state index in [9.17, 15) is 13.2 Å². The summed E-state index contributed by atoms with van der Waals surface area (Å²) in [6.45, 7) is 7.68. The molecule has 1 N–H and O–H groups in total. The van der Waals surface area contributed by atoms with Crippen LogP contribution in [0.1, 0.15) is 57.2 Å². The average Bonchev–Trinajstić information content (AvgIpc) is 2.64. The van der Waals surface area contributed by atoms with Crippen molar-refractivity contribution in [2.24, 2.45) is 0 Å². The molecule has 1 amide bonds. The van der Waals surface area contributed by atoms with Gasteiger partial charge < -0.3 is 10.1 Å². The van der Waals surface area contributed by atoms with Crippen LogP contribution in [0.3, 0.4) is 0 Å². The minimum absolute atomic E-state index is 0.122. The summed E-state index contributed by atoms with van der Waals surface area (Å²) in [5.74, 6) is 0.511. The fourth-order valence-corrected chi connectivity index (χ4v) is 4.76. The van der Waals surface area contributed by atoms with Gasteiger partial charge >= 0.3 is 0 Å². The quantitative estimate of drug-likeness (QED) is 0.752. The fourth-order valence-electron chi connectivity index (χ4n) is 3.89. The topological polar surface area (TPSA) is 75.7 Å². The lowest BCUT2D eigenvalue weighted by molar-refractivity contribution is -0.120. The van der Waals surface area contributed by atoms with E-state index in [4.69, 9.17) is 4.74 Å². The van der Waals surface area contributed by atoms with Crippen LogP contribution in [0.2, 0.25) is 0 Å². The Morgan fingerprint density at radius 2 is 1.80 bits per heavy atom. The monoisotopic (exact) mass is 430 g/mol. The molecule has 0 bridgehead atoms. The minimum Gasteiger partial charge on any atom is -0.487 e. The third kappa shape index (κ3) is 4.95. The molecule has 3 rings (SSSR count). The van der Waals surface area contributed by atoms with Gasteiger partial charge in [-0.15, -0.1) is 0 Å². The number of hydrogen-bond acceptors (Lipinski definition) is 4. The van der Waals surface area contributed by atoms with Crippen LogP contribution in [0.4, 0.5) is 5.69 Å². The molecule has 1 atom stereocenters. The number of anilines is 1. The highest BCUT2D eigenvalue weighted by Crippen LogP contribution is 2.39. The number of fused-ring (bicyclic) bond motifs is 1. The molecule has 0 unspecified atom stereocenters. The van der Waals surface area contributed by atoms with Crippen molar-refractivity contribution in [3.05, 3.63) is 59.7 Å². The SMILES string of the molecule is CC(C)c1ccccc1N(CC(=O)N[C@@H]1CC(C)(C)Oc2ccccc21)S(C)(=O)=O. The van der Waals surface area contributed by atoms with Gasteiger partial charge in [0.2, 0.25) is 15.9 Å². The van der Waals surface area contributed by atoms with E-state index in [0.717, 1.165) is 23.1 Å². The third-order valence-electron chi connectivity index (χ3n) is 5.23. The van der Waals surface area contributed by atoms with Crippen LogP contribution in [-0.4, -0.2) is 32.7 Å². The lowest BCUT2D eigenvalue weighted by Gasteiger charge is -2.38. The van der Waals surface area contributed by atoms with Crippen molar-refractivity contribution in [2.75, 3.05) is 17.1 Å². The van der Waals surface area contributed by atoms with Crippen molar-refractivity contribution in [1.29, 1.82) is 0 Å². The number of nitrogens with one attached hydrogen (secondary N) is 1. The van der Waals surface area contributed by atoms with Gasteiger partial charge in [-0.3, -0.25) is 9.10 Å². The number of nitrogens with zero attached hydrogens (tertiary/aromatic N) is 1. The Hall–Kier alpha value is -2.54. The Bertz CT molecular complexity index is 1030. The summed E-state index contributed by atoms with van der Waals surface area (Å²) in [7, 11) is -3.65. The summed E-state index contributed by atoms with van der Waals surface area (Å²) in [4.78, 5) is 13.0. The summed E-state index contributed by atoms with van der Waals surface area (Å²) in [6, 6.07) is 14.7. The normalized spacial score (nSPS) is 17.7. The smallest absolute Gasteiger partial charge is 0.241 e. The highest BCUT2D eigenvalue weighted by atomic mass is 32.2. The van der Waals surface area contributed by atoms with E-state index in [1.807, 2.05) is 64.1 Å². The summed E-state index contributed by atoms with van der Waals surface area (Å²) in [5.41, 5.74) is 1.89. The van der Waals surface area contributed by atoms with Crippen molar-refractivity contribution < 1.29 is 17.9 Å². The first-order chi connectivity index (χ1) is 14.0. The van der Waals surface area contributed by atoms with Gasteiger partial charge in [0, 0.05) is 12.0 Å². The van der Waals surface area contributed by atoms with Gasteiger partial charge in [-0.1, -0.05) is 50.2 Å². The molecule has 7 heteroatoms. The Kier molecular flexibility index (Phi) is 6.13. The van der Waals surface area contributed by atoms with Crippen LogP contribution in [-0.2, 0) is 14.8 Å². The molecule has 0 saturated heterocycles. The van der Waals surface area contributed by atoms with Crippen molar-refractivity contribution in [1.82, 2.24) is 5.32 Å². The van der Waals surface area contributed by atoms with Crippen LogP contribution in [0.15, 0.2) is 48.5 Å². The molecule has 2 aromatic carbocycles. The van der Waals surface area contributed by atoms with Crippen molar-refractivity contribution in [3.8, 4) is 5.75 Å². The zero-order valence-corrected chi connectivity index (χ0v) is 19.0. The zero-order chi connectivity index (χ0) is 22.1. The molecule has 1 aliphatic rings. The molecular weight excluding hydrogens is 400 g/mol. The van der Waals surface area contributed by atoms with Crippen LogP contribution < -0.4 is 14.4 Å². The maximum Gasteiger partial charge on any atom is 0.241 e. The van der Waals surface area contributed by atoms with Crippen LogP contribution in [0.25, 0.3) is 0 Å². The molecule has 1 aliphatic heterocycles. The van der Waals surface area contributed by atoms with Gasteiger partial charge in [-0.2, -0.15) is 0 Å². The second-order valence-corrected chi connectivity index (χ2v) is 10.6.